The van der Waals surface area contributed by atoms with Crippen LogP contribution >= 0.6 is 12.4 Å². The molecule has 1 aliphatic carbocycles. The van der Waals surface area contributed by atoms with Gasteiger partial charge in [0.25, 0.3) is 5.92 Å². The van der Waals surface area contributed by atoms with Crippen LogP contribution in [0.3, 0.4) is 0 Å². The first-order chi connectivity index (χ1) is 10.4. The van der Waals surface area contributed by atoms with E-state index in [4.69, 9.17) is 15.9 Å². The molecule has 1 saturated heterocycles. The number of fused-ring (bicyclic) bond motifs is 3. The predicted molar refractivity (Wildman–Crippen MR) is 85.2 cm³/mol. The molecule has 0 unspecified atom stereocenters. The van der Waals surface area contributed by atoms with E-state index in [0.29, 0.717) is 34.8 Å². The Bertz CT molecular complexity index is 750. The maximum Gasteiger partial charge on any atom is 0.252 e. The number of nitrogen functional groups attached to an aromatic ring is 1. The number of anilines is 2. The minimum absolute atomic E-state index is 0. The summed E-state index contributed by atoms with van der Waals surface area (Å²) in [5.74, 6) is -1.51. The van der Waals surface area contributed by atoms with Crippen molar-refractivity contribution in [1.29, 1.82) is 0 Å². The van der Waals surface area contributed by atoms with Crippen LogP contribution in [0.15, 0.2) is 4.42 Å². The lowest BCUT2D eigenvalue weighted by Crippen LogP contribution is -2.27. The molecule has 0 bridgehead atoms. The topological polar surface area (TPSA) is 94.2 Å². The molecule has 2 aromatic rings. The van der Waals surface area contributed by atoms with Gasteiger partial charge in [-0.05, 0) is 6.42 Å². The van der Waals surface area contributed by atoms with E-state index in [1.165, 1.54) is 0 Å². The molecule has 1 aliphatic heterocycles. The van der Waals surface area contributed by atoms with E-state index in [-0.39, 0.29) is 43.7 Å². The second-order valence-electron chi connectivity index (χ2n) is 6.11. The molecule has 1 fully saturated rings. The second-order valence-corrected chi connectivity index (χ2v) is 6.11. The lowest BCUT2D eigenvalue weighted by atomic mass is 9.94. The summed E-state index contributed by atoms with van der Waals surface area (Å²) in [6.45, 7) is 1.39. The highest BCUT2D eigenvalue weighted by Crippen LogP contribution is 2.40. The van der Waals surface area contributed by atoms with Crippen molar-refractivity contribution in [1.82, 2.24) is 9.97 Å². The Balaban J connectivity index is 0.00000156. The highest BCUT2D eigenvalue weighted by molar-refractivity contribution is 5.89. The SMILES string of the molecule is Cl.Nc1nc(N2CC[C@@H](N)C2)c2oc3c(c2n1)CC(F)(F)CC3. The zero-order valence-electron chi connectivity index (χ0n) is 12.4. The van der Waals surface area contributed by atoms with Gasteiger partial charge in [-0.2, -0.15) is 4.98 Å². The summed E-state index contributed by atoms with van der Waals surface area (Å²) >= 11 is 0. The van der Waals surface area contributed by atoms with Gasteiger partial charge in [0.05, 0.1) is 0 Å². The maximum absolute atomic E-state index is 13.7. The first-order valence-corrected chi connectivity index (χ1v) is 7.39. The zero-order chi connectivity index (χ0) is 15.5. The van der Waals surface area contributed by atoms with E-state index < -0.39 is 5.92 Å². The van der Waals surface area contributed by atoms with Gasteiger partial charge in [0.1, 0.15) is 11.3 Å². The Kier molecular flexibility index (Phi) is 3.84. The third-order valence-electron chi connectivity index (χ3n) is 4.39. The second kappa shape index (κ2) is 5.45. The summed E-state index contributed by atoms with van der Waals surface area (Å²) in [4.78, 5) is 10.4. The van der Waals surface area contributed by atoms with Gasteiger partial charge in [0.15, 0.2) is 11.4 Å². The third-order valence-corrected chi connectivity index (χ3v) is 4.39. The van der Waals surface area contributed by atoms with E-state index in [1.54, 1.807) is 0 Å². The van der Waals surface area contributed by atoms with Crippen molar-refractivity contribution in [2.24, 2.45) is 5.73 Å². The van der Waals surface area contributed by atoms with Crippen LogP contribution in [0.25, 0.3) is 11.1 Å². The van der Waals surface area contributed by atoms with Crippen LogP contribution in [-0.4, -0.2) is 35.0 Å². The Hall–Kier alpha value is -1.67. The average Bonchev–Trinajstić information content (AvgIpc) is 3.01. The van der Waals surface area contributed by atoms with Crippen LogP contribution in [0.4, 0.5) is 20.5 Å². The van der Waals surface area contributed by atoms with Gasteiger partial charge < -0.3 is 20.8 Å². The standard InChI is InChI=1S/C14H17F2N5O.ClH/c15-14(16)3-1-9-8(5-14)10-11(22-9)12(20-13(18)19-10)21-4-2-7(17)6-21;/h7H,1-6,17H2,(H2,18,19,20);1H/t7-;/m1./s1. The molecule has 23 heavy (non-hydrogen) atoms. The summed E-state index contributed by atoms with van der Waals surface area (Å²) in [6.07, 6.45) is 0.499. The molecule has 0 saturated carbocycles. The zero-order valence-corrected chi connectivity index (χ0v) is 13.2. The molecule has 6 nitrogen and oxygen atoms in total. The molecule has 1 atom stereocenters. The van der Waals surface area contributed by atoms with Crippen molar-refractivity contribution in [2.75, 3.05) is 23.7 Å². The minimum atomic E-state index is -2.72. The van der Waals surface area contributed by atoms with E-state index >= 15 is 0 Å². The van der Waals surface area contributed by atoms with Gasteiger partial charge >= 0.3 is 0 Å². The molecule has 4 N–H and O–H groups in total. The summed E-state index contributed by atoms with van der Waals surface area (Å²) in [7, 11) is 0. The molecular formula is C14H18ClF2N5O. The summed E-state index contributed by atoms with van der Waals surface area (Å²) in [5, 5.41) is 0. The summed E-state index contributed by atoms with van der Waals surface area (Å²) < 4.78 is 33.2. The number of rotatable bonds is 1. The minimum Gasteiger partial charge on any atom is -0.455 e. The highest BCUT2D eigenvalue weighted by atomic mass is 35.5. The Labute approximate surface area is 137 Å². The number of nitrogens with zero attached hydrogens (tertiary/aromatic N) is 3. The lowest BCUT2D eigenvalue weighted by molar-refractivity contribution is -0.0140. The molecule has 2 aromatic heterocycles. The van der Waals surface area contributed by atoms with Gasteiger partial charge in [0, 0.05) is 44.0 Å². The Morgan fingerprint density at radius 2 is 2.09 bits per heavy atom. The fraction of sp³-hybridized carbons (Fsp3) is 0.571. The molecule has 0 spiro atoms. The number of halogens is 3. The highest BCUT2D eigenvalue weighted by Gasteiger charge is 2.38. The molecule has 2 aliphatic rings. The number of hydrogen-bond acceptors (Lipinski definition) is 6. The van der Waals surface area contributed by atoms with Gasteiger partial charge in [-0.25, -0.2) is 13.8 Å². The first kappa shape index (κ1) is 16.2. The number of hydrogen-bond donors (Lipinski definition) is 2. The first-order valence-electron chi connectivity index (χ1n) is 7.39. The van der Waals surface area contributed by atoms with Gasteiger partial charge in [0.2, 0.25) is 5.95 Å². The van der Waals surface area contributed by atoms with Crippen LogP contribution in [0.1, 0.15) is 24.2 Å². The predicted octanol–water partition coefficient (Wildman–Crippen LogP) is 1.89. The summed E-state index contributed by atoms with van der Waals surface area (Å²) in [6, 6.07) is 0.0696. The molecule has 4 rings (SSSR count). The van der Waals surface area contributed by atoms with Crippen molar-refractivity contribution in [3.05, 3.63) is 11.3 Å². The van der Waals surface area contributed by atoms with Crippen molar-refractivity contribution in [3.8, 4) is 0 Å². The van der Waals surface area contributed by atoms with Gasteiger partial charge in [-0.3, -0.25) is 0 Å². The smallest absolute Gasteiger partial charge is 0.252 e. The van der Waals surface area contributed by atoms with E-state index in [9.17, 15) is 8.78 Å². The number of aromatic nitrogens is 2. The fourth-order valence-electron chi connectivity index (χ4n) is 3.29. The quantitative estimate of drug-likeness (QED) is 0.819. The van der Waals surface area contributed by atoms with Crippen molar-refractivity contribution < 1.29 is 13.2 Å². The number of nitrogens with two attached hydrogens (primary N) is 2. The molecule has 0 aromatic carbocycles. The van der Waals surface area contributed by atoms with Crippen molar-refractivity contribution in [3.63, 3.8) is 0 Å². The number of furan rings is 1. The van der Waals surface area contributed by atoms with Crippen LogP contribution in [0, 0.1) is 0 Å². The largest absolute Gasteiger partial charge is 0.455 e. The molecule has 3 heterocycles. The fourth-order valence-corrected chi connectivity index (χ4v) is 3.29. The van der Waals surface area contributed by atoms with Gasteiger partial charge in [-0.1, -0.05) is 0 Å². The molecule has 9 heteroatoms. The van der Waals surface area contributed by atoms with Crippen molar-refractivity contribution in [2.45, 2.75) is 37.6 Å². The maximum atomic E-state index is 13.7. The van der Waals surface area contributed by atoms with E-state index in [1.807, 2.05) is 4.90 Å². The van der Waals surface area contributed by atoms with Crippen LogP contribution < -0.4 is 16.4 Å². The molecular weight excluding hydrogens is 328 g/mol. The Morgan fingerprint density at radius 3 is 2.78 bits per heavy atom. The summed E-state index contributed by atoms with van der Waals surface area (Å²) in [5.41, 5.74) is 13.0. The monoisotopic (exact) mass is 345 g/mol. The molecule has 0 amide bonds. The lowest BCUT2D eigenvalue weighted by Gasteiger charge is -2.20. The number of alkyl halides is 2. The normalized spacial score (nSPS) is 22.9. The van der Waals surface area contributed by atoms with Crippen LogP contribution in [0.5, 0.6) is 0 Å². The molecule has 0 radical (unpaired) electrons. The van der Waals surface area contributed by atoms with E-state index in [0.717, 1.165) is 13.0 Å². The Morgan fingerprint density at radius 1 is 1.30 bits per heavy atom. The molecule has 126 valence electrons. The van der Waals surface area contributed by atoms with Crippen molar-refractivity contribution >= 4 is 35.3 Å². The number of aryl methyl sites for hydroxylation is 1. The van der Waals surface area contributed by atoms with Gasteiger partial charge in [-0.15, -0.1) is 12.4 Å². The van der Waals surface area contributed by atoms with E-state index in [2.05, 4.69) is 9.97 Å². The van der Waals surface area contributed by atoms with Crippen LogP contribution in [-0.2, 0) is 12.8 Å². The third kappa shape index (κ3) is 2.70. The van der Waals surface area contributed by atoms with Crippen LogP contribution in [0.2, 0.25) is 0 Å². The average molecular weight is 346 g/mol.